The molecule has 0 saturated carbocycles. The Balaban J connectivity index is 2.72. The highest BCUT2D eigenvalue weighted by Gasteiger charge is 2.07. The van der Waals surface area contributed by atoms with Crippen molar-refractivity contribution in [3.05, 3.63) is 23.5 Å². The number of aromatic nitrogens is 1. The van der Waals surface area contributed by atoms with Crippen LogP contribution in [-0.2, 0) is 0 Å². The molecule has 0 bridgehead atoms. The zero-order valence-electron chi connectivity index (χ0n) is 8.93. The largest absolute Gasteiger partial charge is 0.491 e. The third-order valence-electron chi connectivity index (χ3n) is 1.97. The van der Waals surface area contributed by atoms with Crippen LogP contribution >= 0.6 is 0 Å². The summed E-state index contributed by atoms with van der Waals surface area (Å²) in [4.78, 5) is 14.7. The molecule has 0 amide bonds. The first-order valence-corrected chi connectivity index (χ1v) is 4.84. The second-order valence-corrected chi connectivity index (χ2v) is 3.55. The van der Waals surface area contributed by atoms with Crippen molar-refractivity contribution in [3.63, 3.8) is 0 Å². The van der Waals surface area contributed by atoms with Crippen molar-refractivity contribution in [2.75, 3.05) is 13.2 Å². The highest BCUT2D eigenvalue weighted by molar-refractivity contribution is 5.76. The number of rotatable bonds is 5. The monoisotopic (exact) mass is 209 g/mol. The topological polar surface area (TPSA) is 59.4 Å². The number of aliphatic hydroxyl groups excluding tert-OH is 1. The Morgan fingerprint density at radius 3 is 2.93 bits per heavy atom. The Morgan fingerprint density at radius 1 is 1.60 bits per heavy atom. The fourth-order valence-electron chi connectivity index (χ4n) is 1.06. The summed E-state index contributed by atoms with van der Waals surface area (Å²) < 4.78 is 5.38. The van der Waals surface area contributed by atoms with E-state index in [0.717, 1.165) is 5.69 Å². The summed E-state index contributed by atoms with van der Waals surface area (Å²) in [5.41, 5.74) is 1.08. The van der Waals surface area contributed by atoms with Gasteiger partial charge in [-0.1, -0.05) is 6.92 Å². The van der Waals surface area contributed by atoms with E-state index in [1.807, 2.05) is 13.8 Å². The molecular formula is C11H15NO3. The summed E-state index contributed by atoms with van der Waals surface area (Å²) in [5.74, 6) is 0.515. The van der Waals surface area contributed by atoms with Crippen LogP contribution in [0.1, 0.15) is 23.1 Å². The quantitative estimate of drug-likeness (QED) is 0.740. The van der Waals surface area contributed by atoms with Crippen LogP contribution in [0.15, 0.2) is 12.1 Å². The van der Waals surface area contributed by atoms with Gasteiger partial charge in [0.2, 0.25) is 0 Å². The SMILES string of the molecule is Cc1ccc(OCC(C)CO)c(C=O)n1. The second-order valence-electron chi connectivity index (χ2n) is 3.55. The Morgan fingerprint density at radius 2 is 2.33 bits per heavy atom. The third-order valence-corrected chi connectivity index (χ3v) is 1.97. The summed E-state index contributed by atoms with van der Waals surface area (Å²) in [6.45, 7) is 4.12. The number of nitrogens with zero attached hydrogens (tertiary/aromatic N) is 1. The van der Waals surface area contributed by atoms with Gasteiger partial charge < -0.3 is 9.84 Å². The predicted octanol–water partition coefficient (Wildman–Crippen LogP) is 1.21. The van der Waals surface area contributed by atoms with Gasteiger partial charge in [-0.15, -0.1) is 0 Å². The van der Waals surface area contributed by atoms with Crippen LogP contribution in [-0.4, -0.2) is 29.6 Å². The molecule has 1 unspecified atom stereocenters. The maximum atomic E-state index is 10.7. The van der Waals surface area contributed by atoms with Crippen molar-refractivity contribution in [2.24, 2.45) is 5.92 Å². The molecule has 0 radical (unpaired) electrons. The molecule has 0 saturated heterocycles. The minimum absolute atomic E-state index is 0.0470. The summed E-state index contributed by atoms with van der Waals surface area (Å²) in [5, 5.41) is 8.82. The molecule has 15 heavy (non-hydrogen) atoms. The van der Waals surface area contributed by atoms with E-state index < -0.39 is 0 Å². The molecule has 1 aromatic heterocycles. The predicted molar refractivity (Wildman–Crippen MR) is 56.1 cm³/mol. The fourth-order valence-corrected chi connectivity index (χ4v) is 1.06. The number of carbonyl (C=O) groups excluding carboxylic acids is 1. The van der Waals surface area contributed by atoms with Crippen molar-refractivity contribution in [1.29, 1.82) is 0 Å². The lowest BCUT2D eigenvalue weighted by atomic mass is 10.2. The molecule has 0 aliphatic rings. The maximum Gasteiger partial charge on any atom is 0.172 e. The summed E-state index contributed by atoms with van der Waals surface area (Å²) in [6, 6.07) is 3.50. The highest BCUT2D eigenvalue weighted by Crippen LogP contribution is 2.15. The van der Waals surface area contributed by atoms with Gasteiger partial charge in [0.15, 0.2) is 6.29 Å². The van der Waals surface area contributed by atoms with Crippen LogP contribution in [0.5, 0.6) is 5.75 Å². The van der Waals surface area contributed by atoms with Crippen molar-refractivity contribution < 1.29 is 14.6 Å². The highest BCUT2D eigenvalue weighted by atomic mass is 16.5. The Hall–Kier alpha value is -1.42. The van der Waals surface area contributed by atoms with Crippen LogP contribution in [0.25, 0.3) is 0 Å². The van der Waals surface area contributed by atoms with Crippen molar-refractivity contribution in [3.8, 4) is 5.75 Å². The third kappa shape index (κ3) is 3.32. The molecule has 1 heterocycles. The van der Waals surface area contributed by atoms with Crippen molar-refractivity contribution >= 4 is 6.29 Å². The van der Waals surface area contributed by atoms with Crippen LogP contribution in [0.3, 0.4) is 0 Å². The summed E-state index contributed by atoms with van der Waals surface area (Å²) >= 11 is 0. The van der Waals surface area contributed by atoms with Gasteiger partial charge >= 0.3 is 0 Å². The molecule has 4 nitrogen and oxygen atoms in total. The van der Waals surface area contributed by atoms with E-state index in [1.165, 1.54) is 0 Å². The molecule has 0 fully saturated rings. The fraction of sp³-hybridized carbons (Fsp3) is 0.455. The van der Waals surface area contributed by atoms with Crippen LogP contribution in [0.2, 0.25) is 0 Å². The first-order chi connectivity index (χ1) is 7.17. The molecule has 0 aliphatic heterocycles. The number of aryl methyl sites for hydroxylation is 1. The molecule has 0 aliphatic carbocycles. The number of aliphatic hydroxyl groups is 1. The average Bonchev–Trinajstić information content (AvgIpc) is 2.26. The van der Waals surface area contributed by atoms with E-state index in [9.17, 15) is 4.79 Å². The van der Waals surface area contributed by atoms with Gasteiger partial charge in [0.05, 0.1) is 6.61 Å². The molecule has 4 heteroatoms. The molecule has 1 atom stereocenters. The zero-order chi connectivity index (χ0) is 11.3. The van der Waals surface area contributed by atoms with E-state index in [4.69, 9.17) is 9.84 Å². The normalized spacial score (nSPS) is 12.2. The number of ether oxygens (including phenoxy) is 1. The lowest BCUT2D eigenvalue weighted by Crippen LogP contribution is -2.13. The van der Waals surface area contributed by atoms with Gasteiger partial charge in [-0.05, 0) is 19.1 Å². The second kappa shape index (κ2) is 5.46. The van der Waals surface area contributed by atoms with Crippen molar-refractivity contribution in [2.45, 2.75) is 13.8 Å². The standard InChI is InChI=1S/C11H15NO3/c1-8(5-13)7-15-11-4-3-9(2)12-10(11)6-14/h3-4,6,8,13H,5,7H2,1-2H3. The molecule has 1 N–H and O–H groups in total. The Kier molecular flexibility index (Phi) is 4.24. The molecular weight excluding hydrogens is 194 g/mol. The van der Waals surface area contributed by atoms with E-state index in [2.05, 4.69) is 4.98 Å². The first-order valence-electron chi connectivity index (χ1n) is 4.84. The number of hydrogen-bond donors (Lipinski definition) is 1. The summed E-state index contributed by atoms with van der Waals surface area (Å²) in [7, 11) is 0. The van der Waals surface area contributed by atoms with Crippen LogP contribution in [0.4, 0.5) is 0 Å². The van der Waals surface area contributed by atoms with Gasteiger partial charge in [0.25, 0.3) is 0 Å². The van der Waals surface area contributed by atoms with Crippen LogP contribution in [0, 0.1) is 12.8 Å². The number of aldehydes is 1. The van der Waals surface area contributed by atoms with Gasteiger partial charge in [0.1, 0.15) is 11.4 Å². The molecule has 82 valence electrons. The molecule has 0 aromatic carbocycles. The van der Waals surface area contributed by atoms with E-state index in [1.54, 1.807) is 12.1 Å². The molecule has 1 rings (SSSR count). The Labute approximate surface area is 88.9 Å². The van der Waals surface area contributed by atoms with E-state index in [0.29, 0.717) is 24.3 Å². The van der Waals surface area contributed by atoms with Crippen LogP contribution < -0.4 is 4.74 Å². The lowest BCUT2D eigenvalue weighted by molar-refractivity contribution is 0.111. The van der Waals surface area contributed by atoms with Gasteiger partial charge in [-0.3, -0.25) is 4.79 Å². The minimum Gasteiger partial charge on any atom is -0.491 e. The smallest absolute Gasteiger partial charge is 0.172 e. The van der Waals surface area contributed by atoms with Gasteiger partial charge in [-0.25, -0.2) is 4.98 Å². The first kappa shape index (κ1) is 11.7. The van der Waals surface area contributed by atoms with E-state index in [-0.39, 0.29) is 12.5 Å². The van der Waals surface area contributed by atoms with Gasteiger partial charge in [0, 0.05) is 18.2 Å². The van der Waals surface area contributed by atoms with E-state index >= 15 is 0 Å². The lowest BCUT2D eigenvalue weighted by Gasteiger charge is -2.11. The zero-order valence-corrected chi connectivity index (χ0v) is 8.93. The molecule has 0 spiro atoms. The van der Waals surface area contributed by atoms with Gasteiger partial charge in [-0.2, -0.15) is 0 Å². The maximum absolute atomic E-state index is 10.7. The number of hydrogen-bond acceptors (Lipinski definition) is 4. The van der Waals surface area contributed by atoms with Crippen molar-refractivity contribution in [1.82, 2.24) is 4.98 Å². The Bertz CT molecular complexity index is 339. The molecule has 1 aromatic rings. The minimum atomic E-state index is 0.0470. The number of pyridine rings is 1. The summed E-state index contributed by atoms with van der Waals surface area (Å²) in [6.07, 6.45) is 0.673. The number of carbonyl (C=O) groups is 1. The average molecular weight is 209 g/mol.